The maximum atomic E-state index is 5.34. The molecular formula is C4H10O2Si2. The van der Waals surface area contributed by atoms with Gasteiger partial charge in [-0.2, -0.15) is 0 Å². The lowest BCUT2D eigenvalue weighted by atomic mass is 10.8. The lowest BCUT2D eigenvalue weighted by Gasteiger charge is -2.35. The van der Waals surface area contributed by atoms with Gasteiger partial charge in [0, 0.05) is 6.04 Å². The van der Waals surface area contributed by atoms with Crippen molar-refractivity contribution in [3.63, 3.8) is 0 Å². The third-order valence-electron chi connectivity index (χ3n) is 1.24. The van der Waals surface area contributed by atoms with Gasteiger partial charge in [0.05, 0.1) is 0 Å². The van der Waals surface area contributed by atoms with Crippen LogP contribution in [0.3, 0.4) is 0 Å². The second-order valence-electron chi connectivity index (χ2n) is 2.03. The van der Waals surface area contributed by atoms with Crippen molar-refractivity contribution < 1.29 is 8.23 Å². The van der Waals surface area contributed by atoms with Gasteiger partial charge in [-0.05, 0) is 6.55 Å². The van der Waals surface area contributed by atoms with Crippen LogP contribution in [0.2, 0.25) is 12.6 Å². The first-order chi connectivity index (χ1) is 3.77. The van der Waals surface area contributed by atoms with Gasteiger partial charge in [0.2, 0.25) is 0 Å². The van der Waals surface area contributed by atoms with Gasteiger partial charge in [0.15, 0.2) is 0 Å². The second-order valence-corrected chi connectivity index (χ2v) is 7.25. The molecule has 1 saturated heterocycles. The minimum atomic E-state index is -1.55. The summed E-state index contributed by atoms with van der Waals surface area (Å²) < 4.78 is 10.7. The topological polar surface area (TPSA) is 18.5 Å². The van der Waals surface area contributed by atoms with Crippen molar-refractivity contribution in [2.45, 2.75) is 12.6 Å². The number of hydrogen-bond acceptors (Lipinski definition) is 2. The van der Waals surface area contributed by atoms with E-state index >= 15 is 0 Å². The van der Waals surface area contributed by atoms with Crippen LogP contribution in [0.15, 0.2) is 12.7 Å². The summed E-state index contributed by atoms with van der Waals surface area (Å²) in [7, 11) is -2.06. The Labute approximate surface area is 52.8 Å². The van der Waals surface area contributed by atoms with E-state index in [1.807, 2.05) is 6.08 Å². The summed E-state index contributed by atoms with van der Waals surface area (Å²) >= 11 is 0. The van der Waals surface area contributed by atoms with Gasteiger partial charge < -0.3 is 8.23 Å². The number of rotatable bonds is 2. The van der Waals surface area contributed by atoms with Crippen LogP contribution in [-0.2, 0) is 8.23 Å². The summed E-state index contributed by atoms with van der Waals surface area (Å²) in [6, 6.07) is 0.944. The standard InChI is InChI=1S/C4H10O2Si2/c1-3-4-8(2)5-7-6-8/h3H,1,4,7H2,2H3. The van der Waals surface area contributed by atoms with Gasteiger partial charge in [-0.15, -0.1) is 6.58 Å². The van der Waals surface area contributed by atoms with Crippen LogP contribution in [0.1, 0.15) is 0 Å². The molecule has 0 bridgehead atoms. The minimum Gasteiger partial charge on any atom is -0.420 e. The predicted molar refractivity (Wildman–Crippen MR) is 37.3 cm³/mol. The first kappa shape index (κ1) is 6.22. The molecule has 0 N–H and O–H groups in total. The zero-order valence-electron chi connectivity index (χ0n) is 5.02. The Hall–Kier alpha value is 0.0938. The van der Waals surface area contributed by atoms with Crippen LogP contribution in [0.4, 0.5) is 0 Å². The van der Waals surface area contributed by atoms with Gasteiger partial charge in [0.25, 0.3) is 10.0 Å². The molecule has 1 aliphatic rings. The van der Waals surface area contributed by atoms with Crippen molar-refractivity contribution in [1.29, 1.82) is 0 Å². The second kappa shape index (κ2) is 2.14. The van der Waals surface area contributed by atoms with Crippen molar-refractivity contribution in [1.82, 2.24) is 0 Å². The van der Waals surface area contributed by atoms with E-state index in [0.29, 0.717) is 0 Å². The van der Waals surface area contributed by atoms with Crippen molar-refractivity contribution in [3.8, 4) is 0 Å². The normalized spacial score (nSPS) is 39.1. The van der Waals surface area contributed by atoms with Crippen molar-refractivity contribution >= 4 is 18.6 Å². The Bertz CT molecular complexity index is 100. The van der Waals surface area contributed by atoms with Gasteiger partial charge >= 0.3 is 8.56 Å². The van der Waals surface area contributed by atoms with Gasteiger partial charge in [0.1, 0.15) is 0 Å². The summed E-state index contributed by atoms with van der Waals surface area (Å²) in [6.07, 6.45) is 1.87. The summed E-state index contributed by atoms with van der Waals surface area (Å²) in [5.41, 5.74) is 0. The Morgan fingerprint density at radius 1 is 1.75 bits per heavy atom. The molecule has 0 amide bonds. The van der Waals surface area contributed by atoms with E-state index in [9.17, 15) is 0 Å². The largest absolute Gasteiger partial charge is 0.420 e. The molecule has 0 saturated carbocycles. The third kappa shape index (κ3) is 1.08. The van der Waals surface area contributed by atoms with E-state index in [2.05, 4.69) is 13.1 Å². The van der Waals surface area contributed by atoms with Crippen molar-refractivity contribution in [2.75, 3.05) is 0 Å². The summed E-state index contributed by atoms with van der Waals surface area (Å²) in [5.74, 6) is 0. The van der Waals surface area contributed by atoms with Gasteiger partial charge in [-0.1, -0.05) is 6.08 Å². The molecule has 2 nitrogen and oxygen atoms in total. The molecule has 1 rings (SSSR count). The fourth-order valence-corrected chi connectivity index (χ4v) is 4.19. The number of hydrogen-bond donors (Lipinski definition) is 0. The smallest absolute Gasteiger partial charge is 0.320 e. The highest BCUT2D eigenvalue weighted by Gasteiger charge is 2.37. The van der Waals surface area contributed by atoms with Crippen LogP contribution in [-0.4, -0.2) is 18.6 Å². The van der Waals surface area contributed by atoms with Crippen LogP contribution in [0, 0.1) is 0 Å². The van der Waals surface area contributed by atoms with Crippen molar-refractivity contribution in [3.05, 3.63) is 12.7 Å². The summed E-state index contributed by atoms with van der Waals surface area (Å²) in [6.45, 7) is 5.69. The van der Waals surface area contributed by atoms with E-state index in [-0.39, 0.29) is 0 Å². The molecule has 4 heteroatoms. The Morgan fingerprint density at radius 3 is 2.50 bits per heavy atom. The lowest BCUT2D eigenvalue weighted by Crippen LogP contribution is -2.51. The maximum absolute atomic E-state index is 5.34. The zero-order valence-corrected chi connectivity index (χ0v) is 7.43. The molecule has 8 heavy (non-hydrogen) atoms. The molecular weight excluding hydrogens is 136 g/mol. The van der Waals surface area contributed by atoms with Crippen LogP contribution < -0.4 is 0 Å². The number of allylic oxidation sites excluding steroid dienone is 1. The highest BCUT2D eigenvalue weighted by Crippen LogP contribution is 2.19. The molecule has 1 aliphatic heterocycles. The molecule has 0 radical (unpaired) electrons. The highest BCUT2D eigenvalue weighted by molar-refractivity contribution is 6.79. The predicted octanol–water partition coefficient (Wildman–Crippen LogP) is 0.290. The van der Waals surface area contributed by atoms with E-state index in [0.717, 1.165) is 6.04 Å². The molecule has 0 unspecified atom stereocenters. The Balaban J connectivity index is 2.29. The monoisotopic (exact) mass is 146 g/mol. The summed E-state index contributed by atoms with van der Waals surface area (Å²) in [5, 5.41) is 0. The maximum Gasteiger partial charge on any atom is 0.320 e. The quantitative estimate of drug-likeness (QED) is 0.412. The van der Waals surface area contributed by atoms with E-state index in [1.54, 1.807) is 0 Å². The highest BCUT2D eigenvalue weighted by atomic mass is 28.5. The van der Waals surface area contributed by atoms with E-state index in [4.69, 9.17) is 8.23 Å². The van der Waals surface area contributed by atoms with E-state index in [1.165, 1.54) is 0 Å². The average molecular weight is 146 g/mol. The Kier molecular flexibility index (Phi) is 1.66. The molecule has 1 heterocycles. The van der Waals surface area contributed by atoms with Crippen molar-refractivity contribution in [2.24, 2.45) is 0 Å². The van der Waals surface area contributed by atoms with Crippen LogP contribution >= 0.6 is 0 Å². The first-order valence-electron chi connectivity index (χ1n) is 2.66. The molecule has 0 aromatic heterocycles. The fourth-order valence-electron chi connectivity index (χ4n) is 0.640. The van der Waals surface area contributed by atoms with E-state index < -0.39 is 18.6 Å². The Morgan fingerprint density at radius 2 is 2.38 bits per heavy atom. The molecule has 0 aromatic rings. The summed E-state index contributed by atoms with van der Waals surface area (Å²) in [4.78, 5) is 0. The first-order valence-corrected chi connectivity index (χ1v) is 6.33. The average Bonchev–Trinajstić information content (AvgIpc) is 1.64. The lowest BCUT2D eigenvalue weighted by molar-refractivity contribution is 0.284. The molecule has 0 aromatic carbocycles. The van der Waals surface area contributed by atoms with Gasteiger partial charge in [-0.3, -0.25) is 0 Å². The van der Waals surface area contributed by atoms with Gasteiger partial charge in [-0.25, -0.2) is 0 Å². The molecule has 0 spiro atoms. The SMILES string of the molecule is C=CC[Si]1(C)O[SiH2]O1. The minimum absolute atomic E-state index is 0.506. The van der Waals surface area contributed by atoms with Crippen LogP contribution in [0.5, 0.6) is 0 Å². The zero-order chi connectivity index (χ0) is 6.04. The molecule has 1 fully saturated rings. The fraction of sp³-hybridized carbons (Fsp3) is 0.500. The molecule has 0 aliphatic carbocycles. The molecule has 0 atom stereocenters. The molecule has 46 valence electrons. The third-order valence-corrected chi connectivity index (χ3v) is 8.10. The van der Waals surface area contributed by atoms with Crippen LogP contribution in [0.25, 0.3) is 0 Å².